The van der Waals surface area contributed by atoms with Crippen molar-refractivity contribution in [1.82, 2.24) is 24.8 Å². The lowest BCUT2D eigenvalue weighted by atomic mass is 10.1. The Morgan fingerprint density at radius 1 is 1.19 bits per heavy atom. The van der Waals surface area contributed by atoms with E-state index in [4.69, 9.17) is 10.5 Å². The number of ether oxygens (including phenoxy) is 1. The van der Waals surface area contributed by atoms with Crippen LogP contribution < -0.4 is 11.1 Å². The number of aliphatic hydroxyl groups excluding tert-OH is 2. The first-order valence-corrected chi connectivity index (χ1v) is 11.1. The number of fused-ring (bicyclic) bond motifs is 1. The molecule has 3 aromatic rings. The van der Waals surface area contributed by atoms with E-state index in [9.17, 15) is 15.0 Å². The molecule has 1 saturated heterocycles. The van der Waals surface area contributed by atoms with E-state index in [2.05, 4.69) is 20.3 Å². The number of nitrogens with zero attached hydrogens (tertiary/aromatic N) is 4. The third kappa shape index (κ3) is 4.64. The van der Waals surface area contributed by atoms with E-state index in [0.29, 0.717) is 29.0 Å². The topological polar surface area (TPSA) is 148 Å². The highest BCUT2D eigenvalue weighted by Gasteiger charge is 2.44. The van der Waals surface area contributed by atoms with E-state index in [1.165, 1.54) is 12.7 Å². The number of carbonyl (C=O) groups is 1. The molecule has 1 aromatic carbocycles. The number of nitrogens with one attached hydrogen (secondary N) is 1. The minimum Gasteiger partial charge on any atom is -0.387 e. The molecule has 0 saturated carbocycles. The van der Waals surface area contributed by atoms with Crippen LogP contribution in [-0.2, 0) is 4.74 Å². The fraction of sp³-hybridized carbons (Fsp3) is 0.400. The largest absolute Gasteiger partial charge is 0.387 e. The van der Waals surface area contributed by atoms with Crippen molar-refractivity contribution in [2.75, 3.05) is 23.8 Å². The van der Waals surface area contributed by atoms with Gasteiger partial charge in [-0.15, -0.1) is 0 Å². The predicted octanol–water partition coefficient (Wildman–Crippen LogP) is 0.581. The van der Waals surface area contributed by atoms with E-state index in [1.807, 2.05) is 18.2 Å². The van der Waals surface area contributed by atoms with Gasteiger partial charge in [0, 0.05) is 17.9 Å². The summed E-state index contributed by atoms with van der Waals surface area (Å²) in [7, 11) is 0. The summed E-state index contributed by atoms with van der Waals surface area (Å²) in [5.74, 6) is 1.43. The maximum atomic E-state index is 12.0. The summed E-state index contributed by atoms with van der Waals surface area (Å²) in [5.41, 5.74) is 7.30. The molecule has 1 aliphatic rings. The molecule has 3 heterocycles. The quantitative estimate of drug-likeness (QED) is 0.366. The SMILES string of the molecule is Nc1ncnc2c1ncn2[C@@H]1O[C@H](CSCCCNC(=O)c2ccccc2)[C@@H](O)[C@H]1O. The fourth-order valence-electron chi connectivity index (χ4n) is 3.42. The average Bonchev–Trinajstić information content (AvgIpc) is 3.33. The van der Waals surface area contributed by atoms with Crippen LogP contribution in [0.5, 0.6) is 0 Å². The standard InChI is InChI=1S/C20H24N6O4S/c21-17-14-18(24-10-23-17)26(11-25-14)20-16(28)15(27)13(30-20)9-31-8-4-7-22-19(29)12-5-2-1-3-6-12/h1-3,5-6,10-11,13,15-16,20,27-28H,4,7-9H2,(H,22,29)(H2,21,23,24)/t13-,15-,16-,20-/m1/s1. The number of aromatic nitrogens is 4. The van der Waals surface area contributed by atoms with Crippen molar-refractivity contribution in [2.24, 2.45) is 0 Å². The first-order chi connectivity index (χ1) is 15.1. The Labute approximate surface area is 182 Å². The third-order valence-corrected chi connectivity index (χ3v) is 6.21. The van der Waals surface area contributed by atoms with E-state index in [-0.39, 0.29) is 11.7 Å². The molecule has 0 bridgehead atoms. The lowest BCUT2D eigenvalue weighted by Crippen LogP contribution is -2.32. The summed E-state index contributed by atoms with van der Waals surface area (Å²) in [6.45, 7) is 0.558. The van der Waals surface area contributed by atoms with Crippen LogP contribution in [0, 0.1) is 0 Å². The molecule has 2 aromatic heterocycles. The lowest BCUT2D eigenvalue weighted by molar-refractivity contribution is -0.0289. The summed E-state index contributed by atoms with van der Waals surface area (Å²) in [5, 5.41) is 23.8. The van der Waals surface area contributed by atoms with Crippen molar-refractivity contribution < 1.29 is 19.7 Å². The Morgan fingerprint density at radius 3 is 2.81 bits per heavy atom. The van der Waals surface area contributed by atoms with Gasteiger partial charge in [-0.2, -0.15) is 11.8 Å². The van der Waals surface area contributed by atoms with Crippen molar-refractivity contribution >= 4 is 34.7 Å². The van der Waals surface area contributed by atoms with Crippen LogP contribution in [0.15, 0.2) is 43.0 Å². The van der Waals surface area contributed by atoms with E-state index >= 15 is 0 Å². The zero-order chi connectivity index (χ0) is 21.8. The number of aliphatic hydroxyl groups is 2. The third-order valence-electron chi connectivity index (χ3n) is 5.07. The number of nitrogen functional groups attached to an aromatic ring is 1. The minimum atomic E-state index is -1.12. The first-order valence-electron chi connectivity index (χ1n) is 9.92. The van der Waals surface area contributed by atoms with Gasteiger partial charge in [0.05, 0.1) is 12.4 Å². The second-order valence-corrected chi connectivity index (χ2v) is 8.33. The predicted molar refractivity (Wildman–Crippen MR) is 116 cm³/mol. The molecule has 0 unspecified atom stereocenters. The zero-order valence-corrected chi connectivity index (χ0v) is 17.5. The second kappa shape index (κ2) is 9.60. The molecule has 1 amide bonds. The second-order valence-electron chi connectivity index (χ2n) is 7.18. The molecule has 1 fully saturated rings. The van der Waals surface area contributed by atoms with Gasteiger partial charge in [0.2, 0.25) is 0 Å². The molecule has 11 heteroatoms. The van der Waals surface area contributed by atoms with Gasteiger partial charge in [-0.1, -0.05) is 18.2 Å². The molecule has 31 heavy (non-hydrogen) atoms. The first kappa shape index (κ1) is 21.5. The summed E-state index contributed by atoms with van der Waals surface area (Å²) < 4.78 is 7.47. The highest BCUT2D eigenvalue weighted by atomic mass is 32.2. The fourth-order valence-corrected chi connectivity index (χ4v) is 4.44. The van der Waals surface area contributed by atoms with Gasteiger partial charge in [0.15, 0.2) is 17.7 Å². The maximum absolute atomic E-state index is 12.0. The van der Waals surface area contributed by atoms with Crippen LogP contribution in [0.3, 0.4) is 0 Å². The van der Waals surface area contributed by atoms with Crippen molar-refractivity contribution in [1.29, 1.82) is 0 Å². The molecule has 0 spiro atoms. The van der Waals surface area contributed by atoms with E-state index in [0.717, 1.165) is 12.2 Å². The van der Waals surface area contributed by atoms with Gasteiger partial charge in [-0.25, -0.2) is 15.0 Å². The Morgan fingerprint density at radius 2 is 2.00 bits per heavy atom. The lowest BCUT2D eigenvalue weighted by Gasteiger charge is -2.16. The maximum Gasteiger partial charge on any atom is 0.251 e. The minimum absolute atomic E-state index is 0.0943. The number of nitrogens with two attached hydrogens (primary N) is 1. The van der Waals surface area contributed by atoms with Crippen LogP contribution in [0.1, 0.15) is 23.0 Å². The van der Waals surface area contributed by atoms with Gasteiger partial charge in [0.1, 0.15) is 24.1 Å². The molecule has 4 rings (SSSR count). The Kier molecular flexibility index (Phi) is 6.66. The van der Waals surface area contributed by atoms with Gasteiger partial charge < -0.3 is 26.0 Å². The summed E-state index contributed by atoms with van der Waals surface area (Å²) in [6.07, 6.45) is 0.0565. The molecule has 4 atom stereocenters. The van der Waals surface area contributed by atoms with E-state index in [1.54, 1.807) is 28.5 Å². The van der Waals surface area contributed by atoms with Gasteiger partial charge in [-0.05, 0) is 24.3 Å². The summed E-state index contributed by atoms with van der Waals surface area (Å²) in [6, 6.07) is 9.07. The molecule has 0 aliphatic carbocycles. The van der Waals surface area contributed by atoms with E-state index < -0.39 is 24.5 Å². The van der Waals surface area contributed by atoms with Crippen LogP contribution >= 0.6 is 11.8 Å². The summed E-state index contributed by atoms with van der Waals surface area (Å²) >= 11 is 1.59. The number of amides is 1. The van der Waals surface area contributed by atoms with Crippen LogP contribution in [-0.4, -0.2) is 72.0 Å². The van der Waals surface area contributed by atoms with Crippen molar-refractivity contribution in [3.63, 3.8) is 0 Å². The highest BCUT2D eigenvalue weighted by Crippen LogP contribution is 2.33. The Hall–Kier alpha value is -2.73. The molecular weight excluding hydrogens is 420 g/mol. The van der Waals surface area contributed by atoms with Crippen LogP contribution in [0.25, 0.3) is 11.2 Å². The Bertz CT molecular complexity index is 1030. The summed E-state index contributed by atoms with van der Waals surface area (Å²) in [4.78, 5) is 24.2. The van der Waals surface area contributed by atoms with Gasteiger partial charge in [-0.3, -0.25) is 9.36 Å². The number of rotatable bonds is 8. The Balaban J connectivity index is 1.24. The number of carbonyl (C=O) groups excluding carboxylic acids is 1. The van der Waals surface area contributed by atoms with Gasteiger partial charge >= 0.3 is 0 Å². The smallest absolute Gasteiger partial charge is 0.251 e. The molecule has 0 radical (unpaired) electrons. The van der Waals surface area contributed by atoms with Crippen LogP contribution in [0.2, 0.25) is 0 Å². The van der Waals surface area contributed by atoms with Gasteiger partial charge in [0.25, 0.3) is 5.91 Å². The monoisotopic (exact) mass is 444 g/mol. The van der Waals surface area contributed by atoms with Crippen LogP contribution in [0.4, 0.5) is 5.82 Å². The number of imidazole rings is 1. The average molecular weight is 445 g/mol. The number of hydrogen-bond donors (Lipinski definition) is 4. The van der Waals surface area contributed by atoms with Crippen molar-refractivity contribution in [3.05, 3.63) is 48.5 Å². The number of benzene rings is 1. The number of hydrogen-bond acceptors (Lipinski definition) is 9. The van der Waals surface area contributed by atoms with Crippen molar-refractivity contribution in [2.45, 2.75) is 31.0 Å². The molecule has 164 valence electrons. The molecule has 5 N–H and O–H groups in total. The molecule has 10 nitrogen and oxygen atoms in total. The molecular formula is C20H24N6O4S. The van der Waals surface area contributed by atoms with Crippen molar-refractivity contribution in [3.8, 4) is 0 Å². The zero-order valence-electron chi connectivity index (χ0n) is 16.7. The number of thioether (sulfide) groups is 1. The highest BCUT2D eigenvalue weighted by molar-refractivity contribution is 7.99. The number of anilines is 1. The molecule has 1 aliphatic heterocycles. The normalized spacial score (nSPS) is 23.3.